The third kappa shape index (κ3) is 5.60. The molecule has 0 spiro atoms. The molecule has 3 N–H and O–H groups in total. The van der Waals surface area contributed by atoms with Crippen LogP contribution in [-0.4, -0.2) is 18.4 Å². The average Bonchev–Trinajstić information content (AvgIpc) is 2.55. The van der Waals surface area contributed by atoms with Crippen molar-refractivity contribution in [2.24, 2.45) is 0 Å². The van der Waals surface area contributed by atoms with Crippen LogP contribution in [0.2, 0.25) is 0 Å². The van der Waals surface area contributed by atoms with Crippen LogP contribution in [0.25, 0.3) is 0 Å². The van der Waals surface area contributed by atoms with E-state index in [0.717, 1.165) is 11.3 Å². The summed E-state index contributed by atoms with van der Waals surface area (Å²) in [6.07, 6.45) is 0. The first-order valence-corrected chi connectivity index (χ1v) is 8.06. The van der Waals surface area contributed by atoms with Gasteiger partial charge in [-0.2, -0.15) is 0 Å². The van der Waals surface area contributed by atoms with Crippen molar-refractivity contribution in [1.82, 2.24) is 0 Å². The third-order valence-corrected chi connectivity index (χ3v) is 3.57. The quantitative estimate of drug-likeness (QED) is 0.743. The highest BCUT2D eigenvalue weighted by Gasteiger charge is 2.08. The number of nitrogens with one attached hydrogen (secondary N) is 3. The second kappa shape index (κ2) is 8.28. The maximum atomic E-state index is 13.6. The van der Waals surface area contributed by atoms with Gasteiger partial charge in [-0.15, -0.1) is 0 Å². The molecule has 0 aliphatic carbocycles. The molecule has 2 aromatic carbocycles. The summed E-state index contributed by atoms with van der Waals surface area (Å²) in [5, 5.41) is 8.14. The second-order valence-corrected chi connectivity index (χ2v) is 6.06. The van der Waals surface area contributed by atoms with E-state index in [2.05, 4.69) is 29.8 Å². The van der Waals surface area contributed by atoms with Crippen molar-refractivity contribution < 1.29 is 14.0 Å². The van der Waals surface area contributed by atoms with E-state index in [-0.39, 0.29) is 24.0 Å². The number of hydrogen-bond acceptors (Lipinski definition) is 3. The van der Waals surface area contributed by atoms with Gasteiger partial charge in [-0.1, -0.05) is 26.0 Å². The van der Waals surface area contributed by atoms with Gasteiger partial charge in [0.15, 0.2) is 0 Å². The summed E-state index contributed by atoms with van der Waals surface area (Å²) in [7, 11) is 0. The molecular formula is C19H22FN3O2. The Labute approximate surface area is 146 Å². The van der Waals surface area contributed by atoms with E-state index in [1.165, 1.54) is 25.1 Å². The van der Waals surface area contributed by atoms with Crippen molar-refractivity contribution in [2.45, 2.75) is 26.7 Å². The van der Waals surface area contributed by atoms with E-state index in [1.54, 1.807) is 0 Å². The molecule has 0 aromatic heterocycles. The standard InChI is InChI=1S/C19H22FN3O2/c1-12(2)14-5-4-6-16(9-14)23-19(25)11-21-15-7-8-17(20)18(10-15)22-13(3)24/h4-10,12,21H,11H2,1-3H3,(H,22,24)(H,23,25). The normalized spacial score (nSPS) is 10.4. The lowest BCUT2D eigenvalue weighted by Gasteiger charge is -2.11. The number of amides is 2. The molecule has 132 valence electrons. The molecule has 0 saturated heterocycles. The fourth-order valence-electron chi connectivity index (χ4n) is 2.28. The Hall–Kier alpha value is -2.89. The topological polar surface area (TPSA) is 70.2 Å². The van der Waals surface area contributed by atoms with Crippen molar-refractivity contribution in [3.8, 4) is 0 Å². The molecule has 0 saturated carbocycles. The van der Waals surface area contributed by atoms with E-state index in [9.17, 15) is 14.0 Å². The summed E-state index contributed by atoms with van der Waals surface area (Å²) in [4.78, 5) is 23.1. The van der Waals surface area contributed by atoms with Crippen LogP contribution < -0.4 is 16.0 Å². The van der Waals surface area contributed by atoms with Gasteiger partial charge in [-0.3, -0.25) is 9.59 Å². The average molecular weight is 343 g/mol. The van der Waals surface area contributed by atoms with Gasteiger partial charge in [0, 0.05) is 18.3 Å². The van der Waals surface area contributed by atoms with E-state index in [1.807, 2.05) is 24.3 Å². The number of anilines is 3. The number of carbonyl (C=O) groups is 2. The van der Waals surface area contributed by atoms with Gasteiger partial charge in [0.1, 0.15) is 5.82 Å². The van der Waals surface area contributed by atoms with Crippen LogP contribution in [0.1, 0.15) is 32.3 Å². The van der Waals surface area contributed by atoms with Crippen molar-refractivity contribution in [2.75, 3.05) is 22.5 Å². The fraction of sp³-hybridized carbons (Fsp3) is 0.263. The number of halogens is 1. The summed E-state index contributed by atoms with van der Waals surface area (Å²) < 4.78 is 13.6. The van der Waals surface area contributed by atoms with Crippen LogP contribution in [0.4, 0.5) is 21.5 Å². The van der Waals surface area contributed by atoms with E-state index >= 15 is 0 Å². The molecule has 0 atom stereocenters. The predicted octanol–water partition coefficient (Wildman–Crippen LogP) is 3.96. The molecule has 0 radical (unpaired) electrons. The zero-order chi connectivity index (χ0) is 18.4. The van der Waals surface area contributed by atoms with Gasteiger partial charge in [0.2, 0.25) is 11.8 Å². The van der Waals surface area contributed by atoms with Crippen molar-refractivity contribution in [3.63, 3.8) is 0 Å². The minimum atomic E-state index is -0.532. The van der Waals surface area contributed by atoms with E-state index in [4.69, 9.17) is 0 Å². The molecule has 0 aliphatic heterocycles. The highest BCUT2D eigenvalue weighted by molar-refractivity contribution is 5.94. The molecule has 6 heteroatoms. The lowest BCUT2D eigenvalue weighted by Crippen LogP contribution is -2.22. The van der Waals surface area contributed by atoms with Gasteiger partial charge in [-0.05, 0) is 41.8 Å². The second-order valence-electron chi connectivity index (χ2n) is 6.06. The Bertz CT molecular complexity index is 775. The maximum Gasteiger partial charge on any atom is 0.243 e. The lowest BCUT2D eigenvalue weighted by atomic mass is 10.0. The molecule has 0 bridgehead atoms. The van der Waals surface area contributed by atoms with Crippen LogP contribution in [0.15, 0.2) is 42.5 Å². The summed E-state index contributed by atoms with van der Waals surface area (Å²) in [6.45, 7) is 5.50. The molecule has 2 aromatic rings. The first kappa shape index (κ1) is 18.4. The monoisotopic (exact) mass is 343 g/mol. The molecule has 0 fully saturated rings. The van der Waals surface area contributed by atoms with Gasteiger partial charge >= 0.3 is 0 Å². The molecule has 0 unspecified atom stereocenters. The van der Waals surface area contributed by atoms with Crippen LogP contribution in [0.5, 0.6) is 0 Å². The van der Waals surface area contributed by atoms with Crippen LogP contribution in [-0.2, 0) is 9.59 Å². The Morgan fingerprint density at radius 1 is 1.04 bits per heavy atom. The Kier molecular flexibility index (Phi) is 6.11. The minimum Gasteiger partial charge on any atom is -0.376 e. The molecule has 0 heterocycles. The smallest absolute Gasteiger partial charge is 0.243 e. The molecular weight excluding hydrogens is 321 g/mol. The Morgan fingerprint density at radius 2 is 1.80 bits per heavy atom. The number of carbonyl (C=O) groups excluding carboxylic acids is 2. The first-order valence-electron chi connectivity index (χ1n) is 8.06. The lowest BCUT2D eigenvalue weighted by molar-refractivity contribution is -0.115. The summed E-state index contributed by atoms with van der Waals surface area (Å²) in [6, 6.07) is 11.9. The molecule has 25 heavy (non-hydrogen) atoms. The highest BCUT2D eigenvalue weighted by atomic mass is 19.1. The SMILES string of the molecule is CC(=O)Nc1cc(NCC(=O)Nc2cccc(C(C)C)c2)ccc1F. The molecule has 2 rings (SSSR count). The predicted molar refractivity (Wildman–Crippen MR) is 98.4 cm³/mol. The van der Waals surface area contributed by atoms with Crippen LogP contribution in [0.3, 0.4) is 0 Å². The molecule has 2 amide bonds. The van der Waals surface area contributed by atoms with Gasteiger partial charge in [0.05, 0.1) is 12.2 Å². The number of hydrogen-bond donors (Lipinski definition) is 3. The summed E-state index contributed by atoms with van der Waals surface area (Å²) >= 11 is 0. The van der Waals surface area contributed by atoms with Crippen molar-refractivity contribution >= 4 is 28.9 Å². The fourth-order valence-corrected chi connectivity index (χ4v) is 2.28. The third-order valence-electron chi connectivity index (χ3n) is 3.57. The van der Waals surface area contributed by atoms with Gasteiger partial charge < -0.3 is 16.0 Å². The van der Waals surface area contributed by atoms with Gasteiger partial charge in [0.25, 0.3) is 0 Å². The van der Waals surface area contributed by atoms with Crippen LogP contribution >= 0.6 is 0 Å². The maximum absolute atomic E-state index is 13.6. The highest BCUT2D eigenvalue weighted by Crippen LogP contribution is 2.20. The van der Waals surface area contributed by atoms with Gasteiger partial charge in [-0.25, -0.2) is 4.39 Å². The largest absolute Gasteiger partial charge is 0.376 e. The summed E-state index contributed by atoms with van der Waals surface area (Å²) in [5.74, 6) is -0.734. The number of benzene rings is 2. The molecule has 0 aliphatic rings. The zero-order valence-corrected chi connectivity index (χ0v) is 14.5. The van der Waals surface area contributed by atoms with E-state index < -0.39 is 5.82 Å². The van der Waals surface area contributed by atoms with Crippen LogP contribution in [0, 0.1) is 5.82 Å². The molecule has 5 nitrogen and oxygen atoms in total. The number of rotatable bonds is 6. The Morgan fingerprint density at radius 3 is 2.48 bits per heavy atom. The first-order chi connectivity index (χ1) is 11.8. The zero-order valence-electron chi connectivity index (χ0n) is 14.5. The van der Waals surface area contributed by atoms with Crippen molar-refractivity contribution in [3.05, 3.63) is 53.8 Å². The minimum absolute atomic E-state index is 0.0249. The van der Waals surface area contributed by atoms with Crippen molar-refractivity contribution in [1.29, 1.82) is 0 Å². The summed E-state index contributed by atoms with van der Waals surface area (Å²) in [5.41, 5.74) is 2.49. The Balaban J connectivity index is 1.96. The van der Waals surface area contributed by atoms with E-state index in [0.29, 0.717) is 11.6 Å².